The molecule has 0 spiro atoms. The van der Waals surface area contributed by atoms with E-state index in [1.54, 1.807) is 43.3 Å². The number of carbonyl (C=O) groups excluding carboxylic acids is 1. The number of sulfonamides is 2. The minimum Gasteiger partial charge on any atom is -0.325 e. The van der Waals surface area contributed by atoms with Crippen LogP contribution in [0.4, 0.5) is 17.3 Å². The van der Waals surface area contributed by atoms with Crippen molar-refractivity contribution in [2.24, 2.45) is 0 Å². The number of aryl methyl sites for hydroxylation is 2. The van der Waals surface area contributed by atoms with Crippen LogP contribution in [-0.2, 0) is 31.3 Å². The maximum absolute atomic E-state index is 13.6. The summed E-state index contributed by atoms with van der Waals surface area (Å²) >= 11 is 0. The molecule has 39 heavy (non-hydrogen) atoms. The molecule has 0 fully saturated rings. The predicted molar refractivity (Wildman–Crippen MR) is 149 cm³/mol. The van der Waals surface area contributed by atoms with E-state index in [9.17, 15) is 21.6 Å². The molecule has 12 heteroatoms. The average Bonchev–Trinajstić information content (AvgIpc) is 2.92. The quantitative estimate of drug-likeness (QED) is 0.297. The molecule has 1 aromatic heterocycles. The van der Waals surface area contributed by atoms with Crippen molar-refractivity contribution < 1.29 is 21.6 Å². The SMILES string of the molecule is CCc1ccccc1N(CC(=O)Nc1ccc(S(=O)(=O)Nc2nccc(C)n2)cc1)S(=O)(=O)c1ccccc1. The number of hydrogen-bond donors (Lipinski definition) is 2. The molecule has 202 valence electrons. The van der Waals surface area contributed by atoms with Gasteiger partial charge in [-0.15, -0.1) is 0 Å². The van der Waals surface area contributed by atoms with Crippen molar-refractivity contribution in [3.8, 4) is 0 Å². The molecular formula is C27H27N5O5S2. The first-order valence-electron chi connectivity index (χ1n) is 12.0. The number of aromatic nitrogens is 2. The van der Waals surface area contributed by atoms with Gasteiger partial charge in [0.15, 0.2) is 0 Å². The van der Waals surface area contributed by atoms with Crippen LogP contribution in [0, 0.1) is 6.92 Å². The minimum atomic E-state index is -4.06. The molecule has 1 amide bonds. The third kappa shape index (κ3) is 6.59. The summed E-state index contributed by atoms with van der Waals surface area (Å²) in [7, 11) is -8.02. The lowest BCUT2D eigenvalue weighted by Crippen LogP contribution is -2.38. The summed E-state index contributed by atoms with van der Waals surface area (Å²) in [5.41, 5.74) is 2.08. The molecule has 10 nitrogen and oxygen atoms in total. The number of rotatable bonds is 10. The average molecular weight is 566 g/mol. The highest BCUT2D eigenvalue weighted by molar-refractivity contribution is 7.93. The topological polar surface area (TPSA) is 138 Å². The Labute approximate surface area is 227 Å². The van der Waals surface area contributed by atoms with Gasteiger partial charge in [-0.25, -0.2) is 31.5 Å². The Morgan fingerprint density at radius 1 is 0.846 bits per heavy atom. The molecule has 0 bridgehead atoms. The van der Waals surface area contributed by atoms with Crippen LogP contribution < -0.4 is 14.3 Å². The number of benzene rings is 3. The standard InChI is InChI=1S/C27H27N5O5S2/c1-3-21-9-7-8-12-25(21)32(39(36,37)24-10-5-4-6-11-24)19-26(33)30-22-13-15-23(16-14-22)38(34,35)31-27-28-18-17-20(2)29-27/h4-18H,3,19H2,1-2H3,(H,30,33)(H,28,29,31). The third-order valence-corrected chi connectivity index (χ3v) is 8.85. The van der Waals surface area contributed by atoms with E-state index in [0.717, 1.165) is 9.87 Å². The number of anilines is 3. The Bertz CT molecular complexity index is 1680. The third-order valence-electron chi connectivity index (χ3n) is 5.73. The largest absolute Gasteiger partial charge is 0.325 e. The van der Waals surface area contributed by atoms with E-state index in [4.69, 9.17) is 0 Å². The van der Waals surface area contributed by atoms with E-state index in [-0.39, 0.29) is 15.7 Å². The number of amides is 1. The zero-order valence-electron chi connectivity index (χ0n) is 21.3. The molecule has 2 N–H and O–H groups in total. The molecule has 0 unspecified atom stereocenters. The highest BCUT2D eigenvalue weighted by Gasteiger charge is 2.28. The Morgan fingerprint density at radius 3 is 2.18 bits per heavy atom. The summed E-state index contributed by atoms with van der Waals surface area (Å²) in [6, 6.07) is 22.0. The van der Waals surface area contributed by atoms with E-state index in [2.05, 4.69) is 20.0 Å². The monoisotopic (exact) mass is 565 g/mol. The Balaban J connectivity index is 1.55. The number of nitrogens with zero attached hydrogens (tertiary/aromatic N) is 3. The summed E-state index contributed by atoms with van der Waals surface area (Å²) in [6.07, 6.45) is 2.01. The van der Waals surface area contributed by atoms with Crippen molar-refractivity contribution in [3.05, 3.63) is 102 Å². The van der Waals surface area contributed by atoms with Gasteiger partial charge in [0.2, 0.25) is 11.9 Å². The van der Waals surface area contributed by atoms with Crippen molar-refractivity contribution in [1.82, 2.24) is 9.97 Å². The second kappa shape index (κ2) is 11.6. The number of carbonyl (C=O) groups is 1. The van der Waals surface area contributed by atoms with Crippen LogP contribution in [0.25, 0.3) is 0 Å². The highest BCUT2D eigenvalue weighted by atomic mass is 32.2. The molecule has 0 aliphatic rings. The number of nitrogens with one attached hydrogen (secondary N) is 2. The Hall–Kier alpha value is -4.29. The van der Waals surface area contributed by atoms with Crippen LogP contribution >= 0.6 is 0 Å². The lowest BCUT2D eigenvalue weighted by Gasteiger charge is -2.26. The first-order chi connectivity index (χ1) is 18.6. The van der Waals surface area contributed by atoms with E-state index >= 15 is 0 Å². The molecule has 0 aliphatic carbocycles. The summed E-state index contributed by atoms with van der Waals surface area (Å²) < 4.78 is 56.0. The van der Waals surface area contributed by atoms with Crippen LogP contribution in [0.2, 0.25) is 0 Å². The Morgan fingerprint density at radius 2 is 1.51 bits per heavy atom. The van der Waals surface area contributed by atoms with Crippen LogP contribution in [0.1, 0.15) is 18.2 Å². The Kier molecular flexibility index (Phi) is 8.27. The first-order valence-corrected chi connectivity index (χ1v) is 14.9. The van der Waals surface area contributed by atoms with Gasteiger partial charge in [0.1, 0.15) is 6.54 Å². The van der Waals surface area contributed by atoms with E-state index in [1.807, 2.05) is 19.1 Å². The molecule has 1 heterocycles. The van der Waals surface area contributed by atoms with Gasteiger partial charge in [0.25, 0.3) is 20.0 Å². The summed E-state index contributed by atoms with van der Waals surface area (Å²) in [5, 5.41) is 2.65. The molecule has 4 rings (SSSR count). The van der Waals surface area contributed by atoms with Crippen LogP contribution in [0.5, 0.6) is 0 Å². The molecule has 4 aromatic rings. The first kappa shape index (κ1) is 27.7. The number of para-hydroxylation sites is 1. The van der Waals surface area contributed by atoms with E-state index in [1.165, 1.54) is 42.6 Å². The maximum Gasteiger partial charge on any atom is 0.264 e. The van der Waals surface area contributed by atoms with Crippen molar-refractivity contribution >= 4 is 43.3 Å². The van der Waals surface area contributed by atoms with Crippen LogP contribution in [-0.4, -0.2) is 39.3 Å². The predicted octanol–water partition coefficient (Wildman–Crippen LogP) is 3.98. The maximum atomic E-state index is 13.6. The molecular weight excluding hydrogens is 538 g/mol. The lowest BCUT2D eigenvalue weighted by molar-refractivity contribution is -0.114. The fraction of sp³-hybridized carbons (Fsp3) is 0.148. The van der Waals surface area contributed by atoms with E-state index < -0.39 is 32.5 Å². The molecule has 0 saturated heterocycles. The second-order valence-corrected chi connectivity index (χ2v) is 12.1. The molecule has 0 saturated carbocycles. The summed E-state index contributed by atoms with van der Waals surface area (Å²) in [5.74, 6) is -0.651. The van der Waals surface area contributed by atoms with Gasteiger partial charge < -0.3 is 5.32 Å². The van der Waals surface area contributed by atoms with Gasteiger partial charge in [-0.1, -0.05) is 43.3 Å². The van der Waals surface area contributed by atoms with Crippen molar-refractivity contribution in [3.63, 3.8) is 0 Å². The van der Waals surface area contributed by atoms with Crippen LogP contribution in [0.3, 0.4) is 0 Å². The second-order valence-electron chi connectivity index (χ2n) is 8.51. The highest BCUT2D eigenvalue weighted by Crippen LogP contribution is 2.27. The molecule has 0 atom stereocenters. The number of hydrogen-bond acceptors (Lipinski definition) is 7. The van der Waals surface area contributed by atoms with Crippen LogP contribution in [0.15, 0.2) is 101 Å². The minimum absolute atomic E-state index is 0.0561. The van der Waals surface area contributed by atoms with Gasteiger partial charge >= 0.3 is 0 Å². The van der Waals surface area contributed by atoms with Crippen molar-refractivity contribution in [1.29, 1.82) is 0 Å². The normalized spacial score (nSPS) is 11.5. The molecule has 0 aliphatic heterocycles. The summed E-state index contributed by atoms with van der Waals surface area (Å²) in [6.45, 7) is 3.13. The molecule has 0 radical (unpaired) electrons. The summed E-state index contributed by atoms with van der Waals surface area (Å²) in [4.78, 5) is 21.0. The van der Waals surface area contributed by atoms with E-state index in [0.29, 0.717) is 23.5 Å². The zero-order valence-corrected chi connectivity index (χ0v) is 22.9. The fourth-order valence-electron chi connectivity index (χ4n) is 3.80. The van der Waals surface area contributed by atoms with Gasteiger partial charge in [-0.3, -0.25) is 9.10 Å². The van der Waals surface area contributed by atoms with Gasteiger partial charge in [0.05, 0.1) is 15.5 Å². The van der Waals surface area contributed by atoms with Gasteiger partial charge in [-0.2, -0.15) is 0 Å². The smallest absolute Gasteiger partial charge is 0.264 e. The fourth-order valence-corrected chi connectivity index (χ4v) is 6.23. The molecule has 3 aromatic carbocycles. The van der Waals surface area contributed by atoms with Gasteiger partial charge in [0, 0.05) is 17.6 Å². The lowest BCUT2D eigenvalue weighted by atomic mass is 10.1. The van der Waals surface area contributed by atoms with Crippen molar-refractivity contribution in [2.45, 2.75) is 30.1 Å². The van der Waals surface area contributed by atoms with Gasteiger partial charge in [-0.05, 0) is 67.4 Å². The van der Waals surface area contributed by atoms with Crippen molar-refractivity contribution in [2.75, 3.05) is 20.9 Å². The zero-order chi connectivity index (χ0) is 28.0.